The molecule has 1 aromatic carbocycles. The molecule has 0 unspecified atom stereocenters. The number of piperazine rings is 1. The molecule has 1 fully saturated rings. The molecule has 1 aliphatic rings. The first kappa shape index (κ1) is 12.7. The van der Waals surface area contributed by atoms with E-state index >= 15 is 0 Å². The molecule has 1 atom stereocenters. The molecule has 0 aromatic heterocycles. The van der Waals surface area contributed by atoms with Crippen molar-refractivity contribution in [2.45, 2.75) is 13.0 Å². The van der Waals surface area contributed by atoms with Crippen molar-refractivity contribution in [1.82, 2.24) is 10.2 Å². The maximum Gasteiger partial charge on any atom is 0.321 e. The van der Waals surface area contributed by atoms with Crippen LogP contribution in [0, 0.1) is 0 Å². The molecule has 0 spiro atoms. The minimum absolute atomic E-state index is 0.0477. The van der Waals surface area contributed by atoms with Crippen molar-refractivity contribution in [3.8, 4) is 5.75 Å². The summed E-state index contributed by atoms with van der Waals surface area (Å²) >= 11 is 0. The van der Waals surface area contributed by atoms with Gasteiger partial charge < -0.3 is 20.3 Å². The van der Waals surface area contributed by atoms with Crippen molar-refractivity contribution in [1.29, 1.82) is 0 Å². The third-order valence-electron chi connectivity index (χ3n) is 3.00. The fourth-order valence-electron chi connectivity index (χ4n) is 1.99. The molecule has 5 heteroatoms. The van der Waals surface area contributed by atoms with Crippen LogP contribution in [0.25, 0.3) is 0 Å². The SMILES string of the molecule is COc1ccc(NC(=O)N2CCN[C@H](C)C2)cc1. The molecule has 2 rings (SSSR count). The summed E-state index contributed by atoms with van der Waals surface area (Å²) in [6.45, 7) is 4.40. The number of amides is 2. The van der Waals surface area contributed by atoms with E-state index in [1.54, 1.807) is 7.11 Å². The third-order valence-corrected chi connectivity index (χ3v) is 3.00. The Morgan fingerprint density at radius 2 is 2.17 bits per heavy atom. The van der Waals surface area contributed by atoms with Gasteiger partial charge in [-0.15, -0.1) is 0 Å². The Bertz CT molecular complexity index is 405. The lowest BCUT2D eigenvalue weighted by atomic mass is 10.2. The summed E-state index contributed by atoms with van der Waals surface area (Å²) in [4.78, 5) is 13.8. The quantitative estimate of drug-likeness (QED) is 0.835. The van der Waals surface area contributed by atoms with E-state index in [9.17, 15) is 4.79 Å². The number of carbonyl (C=O) groups is 1. The smallest absolute Gasteiger partial charge is 0.321 e. The van der Waals surface area contributed by atoms with E-state index in [0.29, 0.717) is 6.04 Å². The maximum atomic E-state index is 12.0. The van der Waals surface area contributed by atoms with E-state index in [1.165, 1.54) is 0 Å². The van der Waals surface area contributed by atoms with Crippen LogP contribution in [0.4, 0.5) is 10.5 Å². The zero-order chi connectivity index (χ0) is 13.0. The van der Waals surface area contributed by atoms with Gasteiger partial charge in [0.15, 0.2) is 0 Å². The van der Waals surface area contributed by atoms with Crippen molar-refractivity contribution < 1.29 is 9.53 Å². The molecular weight excluding hydrogens is 230 g/mol. The summed E-state index contributed by atoms with van der Waals surface area (Å²) in [6, 6.07) is 7.63. The molecule has 0 radical (unpaired) electrons. The number of methoxy groups -OCH3 is 1. The van der Waals surface area contributed by atoms with Crippen LogP contribution in [0.5, 0.6) is 5.75 Å². The van der Waals surface area contributed by atoms with Crippen LogP contribution < -0.4 is 15.4 Å². The van der Waals surface area contributed by atoms with Gasteiger partial charge in [0.1, 0.15) is 5.75 Å². The van der Waals surface area contributed by atoms with Crippen molar-refractivity contribution in [2.75, 3.05) is 32.1 Å². The van der Waals surface area contributed by atoms with E-state index in [2.05, 4.69) is 17.6 Å². The van der Waals surface area contributed by atoms with Crippen molar-refractivity contribution in [3.63, 3.8) is 0 Å². The third kappa shape index (κ3) is 3.13. The Labute approximate surface area is 107 Å². The number of benzene rings is 1. The number of carbonyl (C=O) groups excluding carboxylic acids is 1. The van der Waals surface area contributed by atoms with Crippen LogP contribution in [0.3, 0.4) is 0 Å². The van der Waals surface area contributed by atoms with E-state index in [4.69, 9.17) is 4.74 Å². The first-order valence-electron chi connectivity index (χ1n) is 6.12. The Hall–Kier alpha value is -1.75. The number of nitrogens with one attached hydrogen (secondary N) is 2. The zero-order valence-corrected chi connectivity index (χ0v) is 10.8. The van der Waals surface area contributed by atoms with E-state index in [-0.39, 0.29) is 6.03 Å². The van der Waals surface area contributed by atoms with Gasteiger partial charge in [-0.2, -0.15) is 0 Å². The monoisotopic (exact) mass is 249 g/mol. The lowest BCUT2D eigenvalue weighted by molar-refractivity contribution is 0.192. The molecule has 5 nitrogen and oxygen atoms in total. The summed E-state index contributed by atoms with van der Waals surface area (Å²) in [5.41, 5.74) is 0.784. The number of urea groups is 1. The second-order valence-electron chi connectivity index (χ2n) is 4.46. The summed E-state index contributed by atoms with van der Waals surface area (Å²) in [7, 11) is 1.62. The molecule has 2 amide bonds. The second-order valence-corrected chi connectivity index (χ2v) is 4.46. The molecule has 1 aromatic rings. The van der Waals surface area contributed by atoms with Crippen LogP contribution in [-0.2, 0) is 0 Å². The maximum absolute atomic E-state index is 12.0. The van der Waals surface area contributed by atoms with Gasteiger partial charge in [0.05, 0.1) is 7.11 Å². The van der Waals surface area contributed by atoms with Crippen LogP contribution >= 0.6 is 0 Å². The number of rotatable bonds is 2. The van der Waals surface area contributed by atoms with Crippen LogP contribution in [0.1, 0.15) is 6.92 Å². The van der Waals surface area contributed by atoms with E-state index in [0.717, 1.165) is 31.1 Å². The standard InChI is InChI=1S/C13H19N3O2/c1-10-9-16(8-7-14-10)13(17)15-11-3-5-12(18-2)6-4-11/h3-6,10,14H,7-9H2,1-2H3,(H,15,17)/t10-/m1/s1. The number of anilines is 1. The molecule has 1 aliphatic heterocycles. The predicted octanol–water partition coefficient (Wildman–Crippen LogP) is 1.52. The van der Waals surface area contributed by atoms with E-state index in [1.807, 2.05) is 29.2 Å². The van der Waals surface area contributed by atoms with Crippen molar-refractivity contribution in [3.05, 3.63) is 24.3 Å². The highest BCUT2D eigenvalue weighted by atomic mass is 16.5. The second kappa shape index (κ2) is 5.73. The largest absolute Gasteiger partial charge is 0.497 e. The zero-order valence-electron chi connectivity index (χ0n) is 10.8. The van der Waals surface area contributed by atoms with Crippen LogP contribution in [0.15, 0.2) is 24.3 Å². The molecule has 18 heavy (non-hydrogen) atoms. The minimum atomic E-state index is -0.0477. The molecule has 0 saturated carbocycles. The van der Waals surface area contributed by atoms with E-state index < -0.39 is 0 Å². The highest BCUT2D eigenvalue weighted by Crippen LogP contribution is 2.15. The van der Waals surface area contributed by atoms with Gasteiger partial charge in [0.2, 0.25) is 0 Å². The molecule has 98 valence electrons. The van der Waals surface area contributed by atoms with Crippen LogP contribution in [-0.4, -0.2) is 43.7 Å². The minimum Gasteiger partial charge on any atom is -0.497 e. The Kier molecular flexibility index (Phi) is 4.04. The molecule has 1 heterocycles. The van der Waals surface area contributed by atoms with Gasteiger partial charge in [-0.25, -0.2) is 4.79 Å². The van der Waals surface area contributed by atoms with Crippen LogP contribution in [0.2, 0.25) is 0 Å². The molecule has 1 saturated heterocycles. The van der Waals surface area contributed by atoms with Crippen molar-refractivity contribution >= 4 is 11.7 Å². The molecular formula is C13H19N3O2. The fraction of sp³-hybridized carbons (Fsp3) is 0.462. The predicted molar refractivity (Wildman–Crippen MR) is 71.1 cm³/mol. The normalized spacial score (nSPS) is 19.4. The van der Waals surface area contributed by atoms with Gasteiger partial charge in [-0.1, -0.05) is 0 Å². The van der Waals surface area contributed by atoms with Gasteiger partial charge in [0, 0.05) is 31.4 Å². The summed E-state index contributed by atoms with van der Waals surface area (Å²) in [5, 5.41) is 6.19. The lowest BCUT2D eigenvalue weighted by Gasteiger charge is -2.31. The number of ether oxygens (including phenoxy) is 1. The summed E-state index contributed by atoms with van der Waals surface area (Å²) < 4.78 is 5.07. The summed E-state index contributed by atoms with van der Waals surface area (Å²) in [5.74, 6) is 0.781. The Morgan fingerprint density at radius 1 is 1.44 bits per heavy atom. The molecule has 2 N–H and O–H groups in total. The Balaban J connectivity index is 1.93. The number of hydrogen-bond donors (Lipinski definition) is 2. The first-order chi connectivity index (χ1) is 8.69. The van der Waals surface area contributed by atoms with Crippen molar-refractivity contribution in [2.24, 2.45) is 0 Å². The average Bonchev–Trinajstić information content (AvgIpc) is 2.39. The van der Waals surface area contributed by atoms with Gasteiger partial charge in [0.25, 0.3) is 0 Å². The fourth-order valence-corrected chi connectivity index (χ4v) is 1.99. The van der Waals surface area contributed by atoms with Gasteiger partial charge in [-0.05, 0) is 31.2 Å². The van der Waals surface area contributed by atoms with Gasteiger partial charge in [-0.3, -0.25) is 0 Å². The molecule has 0 bridgehead atoms. The summed E-state index contributed by atoms with van der Waals surface area (Å²) in [6.07, 6.45) is 0. The lowest BCUT2D eigenvalue weighted by Crippen LogP contribution is -2.52. The highest BCUT2D eigenvalue weighted by molar-refractivity contribution is 5.89. The average molecular weight is 249 g/mol. The molecule has 0 aliphatic carbocycles. The number of nitrogens with zero attached hydrogens (tertiary/aromatic N) is 1. The number of hydrogen-bond acceptors (Lipinski definition) is 3. The Morgan fingerprint density at radius 3 is 2.78 bits per heavy atom. The highest BCUT2D eigenvalue weighted by Gasteiger charge is 2.20. The van der Waals surface area contributed by atoms with Gasteiger partial charge >= 0.3 is 6.03 Å². The topological polar surface area (TPSA) is 53.6 Å². The first-order valence-corrected chi connectivity index (χ1v) is 6.12.